The molecule has 0 spiro atoms. The van der Waals surface area contributed by atoms with Gasteiger partial charge in [-0.3, -0.25) is 28.6 Å². The second-order valence-electron chi connectivity index (χ2n) is 9.87. The summed E-state index contributed by atoms with van der Waals surface area (Å²) < 4.78 is 24.4. The molecule has 200 valence electrons. The number of carbonyl (C=O) groups excluding carboxylic acids is 4. The van der Waals surface area contributed by atoms with Gasteiger partial charge >= 0.3 is 0 Å². The molecule has 0 fully saturated rings. The maximum atomic E-state index is 13.8. The van der Waals surface area contributed by atoms with Gasteiger partial charge in [-0.15, -0.1) is 0 Å². The number of likely N-dealkylation sites (N-methyl/N-ethyl adjacent to an activating group) is 1. The lowest BCUT2D eigenvalue weighted by atomic mass is 9.96. The zero-order valence-electron chi connectivity index (χ0n) is 22.1. The number of rotatable bonds is 13. The molecule has 1 aromatic carbocycles. The van der Waals surface area contributed by atoms with Gasteiger partial charge in [-0.25, -0.2) is 0 Å². The van der Waals surface area contributed by atoms with Crippen LogP contribution in [0.2, 0.25) is 0 Å². The summed E-state index contributed by atoms with van der Waals surface area (Å²) in [5.41, 5.74) is 0.284. The van der Waals surface area contributed by atoms with Gasteiger partial charge in [-0.2, -0.15) is 0 Å². The van der Waals surface area contributed by atoms with Crippen molar-refractivity contribution in [1.29, 1.82) is 0 Å². The van der Waals surface area contributed by atoms with E-state index in [4.69, 9.17) is 9.26 Å². The maximum Gasteiger partial charge on any atom is 0.265 e. The first-order valence-corrected chi connectivity index (χ1v) is 14.1. The fraction of sp³-hybridized carbons (Fsp3) is 0.600. The van der Waals surface area contributed by atoms with Gasteiger partial charge in [-0.1, -0.05) is 33.8 Å². The lowest BCUT2D eigenvalue weighted by Gasteiger charge is -2.28. The van der Waals surface area contributed by atoms with Crippen molar-refractivity contribution >= 4 is 31.0 Å². The van der Waals surface area contributed by atoms with Gasteiger partial charge in [0.05, 0.1) is 18.2 Å². The molecule has 2 unspecified atom stereocenters. The van der Waals surface area contributed by atoms with Gasteiger partial charge in [-0.05, 0) is 36.8 Å². The Morgan fingerprint density at radius 1 is 1.00 bits per heavy atom. The highest BCUT2D eigenvalue weighted by Gasteiger charge is 2.43. The van der Waals surface area contributed by atoms with Crippen molar-refractivity contribution in [1.82, 2.24) is 15.5 Å². The number of hydrogen-bond acceptors (Lipinski definition) is 7. The number of benzene rings is 1. The first-order chi connectivity index (χ1) is 16.9. The van der Waals surface area contributed by atoms with Crippen LogP contribution in [-0.2, 0) is 18.7 Å². The molecule has 1 heterocycles. The standard InChI is InChI=1S/C25H38N3O7P/c1-15(2)11-17(22(29)27-19(12-16(3)4)23(30)26-5)13-36(33,35-7)14-28-24(31)18-9-8-10-20(34-6)21(18)25(28)32/h8-10,15-17,19H,11-14H2,1-7H3,(H,26,30)(H,27,29)/t17?,19-,36?/m0/s1. The van der Waals surface area contributed by atoms with E-state index in [1.165, 1.54) is 27.3 Å². The van der Waals surface area contributed by atoms with Crippen molar-refractivity contribution in [3.63, 3.8) is 0 Å². The number of amides is 4. The Bertz CT molecular complexity index is 1040. The maximum absolute atomic E-state index is 13.8. The Morgan fingerprint density at radius 3 is 2.17 bits per heavy atom. The Kier molecular flexibility index (Phi) is 10.3. The van der Waals surface area contributed by atoms with Crippen LogP contribution in [0.1, 0.15) is 61.3 Å². The van der Waals surface area contributed by atoms with E-state index >= 15 is 0 Å². The smallest absolute Gasteiger partial charge is 0.265 e. The summed E-state index contributed by atoms with van der Waals surface area (Å²) in [7, 11) is 0.487. The van der Waals surface area contributed by atoms with E-state index in [2.05, 4.69) is 10.6 Å². The minimum absolute atomic E-state index is 0.0816. The van der Waals surface area contributed by atoms with Crippen LogP contribution in [-0.4, -0.2) is 68.3 Å². The molecule has 0 bridgehead atoms. The number of methoxy groups -OCH3 is 1. The Balaban J connectivity index is 2.28. The van der Waals surface area contributed by atoms with Crippen molar-refractivity contribution in [2.45, 2.75) is 46.6 Å². The monoisotopic (exact) mass is 523 g/mol. The van der Waals surface area contributed by atoms with E-state index in [0.717, 1.165) is 4.90 Å². The fourth-order valence-electron chi connectivity index (χ4n) is 4.34. The molecule has 0 saturated heterocycles. The van der Waals surface area contributed by atoms with E-state index in [1.807, 2.05) is 27.7 Å². The van der Waals surface area contributed by atoms with E-state index in [9.17, 15) is 23.7 Å². The molecule has 10 nitrogen and oxygen atoms in total. The summed E-state index contributed by atoms with van der Waals surface area (Å²) in [6, 6.07) is 3.96. The molecular weight excluding hydrogens is 485 g/mol. The second-order valence-corrected chi connectivity index (χ2v) is 12.5. The third-order valence-electron chi connectivity index (χ3n) is 6.08. The molecule has 0 radical (unpaired) electrons. The molecule has 36 heavy (non-hydrogen) atoms. The lowest BCUT2D eigenvalue weighted by molar-refractivity contribution is -0.131. The number of ether oxygens (including phenoxy) is 1. The minimum Gasteiger partial charge on any atom is -0.496 e. The zero-order valence-corrected chi connectivity index (χ0v) is 23.0. The molecule has 2 rings (SSSR count). The Hall–Kier alpha value is -2.71. The molecular formula is C25H38N3O7P. The molecule has 11 heteroatoms. The van der Waals surface area contributed by atoms with Crippen LogP contribution in [0.5, 0.6) is 5.75 Å². The molecule has 1 aromatic rings. The molecule has 0 aromatic heterocycles. The van der Waals surface area contributed by atoms with Gasteiger partial charge in [0, 0.05) is 26.2 Å². The lowest BCUT2D eigenvalue weighted by Crippen LogP contribution is -2.49. The summed E-state index contributed by atoms with van der Waals surface area (Å²) >= 11 is 0. The van der Waals surface area contributed by atoms with E-state index < -0.39 is 43.3 Å². The molecule has 4 amide bonds. The molecule has 0 aliphatic carbocycles. The molecule has 3 atom stereocenters. The largest absolute Gasteiger partial charge is 0.496 e. The summed E-state index contributed by atoms with van der Waals surface area (Å²) in [6.07, 6.45) is 0.182. The first kappa shape index (κ1) is 29.5. The van der Waals surface area contributed by atoms with Crippen molar-refractivity contribution in [2.75, 3.05) is 33.7 Å². The predicted octanol–water partition coefficient (Wildman–Crippen LogP) is 3.11. The molecule has 1 aliphatic heterocycles. The minimum atomic E-state index is -3.66. The second kappa shape index (κ2) is 12.5. The van der Waals surface area contributed by atoms with Gasteiger partial charge in [0.25, 0.3) is 11.8 Å². The summed E-state index contributed by atoms with van der Waals surface area (Å²) in [4.78, 5) is 52.5. The van der Waals surface area contributed by atoms with Crippen LogP contribution >= 0.6 is 7.37 Å². The van der Waals surface area contributed by atoms with E-state index in [0.29, 0.717) is 12.8 Å². The summed E-state index contributed by atoms with van der Waals surface area (Å²) in [6.45, 7) is 7.76. The van der Waals surface area contributed by atoms with Crippen LogP contribution in [0.15, 0.2) is 18.2 Å². The topological polar surface area (TPSA) is 131 Å². The number of hydrogen-bond donors (Lipinski definition) is 2. The quantitative estimate of drug-likeness (QED) is 0.300. The van der Waals surface area contributed by atoms with Gasteiger partial charge in [0.2, 0.25) is 19.2 Å². The molecule has 1 aliphatic rings. The van der Waals surface area contributed by atoms with Gasteiger partial charge < -0.3 is 19.9 Å². The number of fused-ring (bicyclic) bond motifs is 1. The molecule has 2 N–H and O–H groups in total. The van der Waals surface area contributed by atoms with Gasteiger partial charge in [0.1, 0.15) is 18.1 Å². The van der Waals surface area contributed by atoms with Crippen molar-refractivity contribution in [3.8, 4) is 5.75 Å². The van der Waals surface area contributed by atoms with Crippen LogP contribution in [0.3, 0.4) is 0 Å². The summed E-state index contributed by atoms with van der Waals surface area (Å²) in [5, 5.41) is 5.37. The van der Waals surface area contributed by atoms with E-state index in [1.54, 1.807) is 12.1 Å². The Morgan fingerprint density at radius 2 is 1.64 bits per heavy atom. The predicted molar refractivity (Wildman–Crippen MR) is 136 cm³/mol. The number of imide groups is 1. The van der Waals surface area contributed by atoms with Crippen LogP contribution in [0.4, 0.5) is 0 Å². The summed E-state index contributed by atoms with van der Waals surface area (Å²) in [5.74, 6) is -2.19. The SMILES string of the molecule is CNC(=O)[C@H](CC(C)C)NC(=O)C(CC(C)C)CP(=O)(CN1C(=O)c2cccc(OC)c2C1=O)OC. The van der Waals surface area contributed by atoms with Crippen LogP contribution in [0.25, 0.3) is 0 Å². The molecule has 0 saturated carbocycles. The Labute approximate surface area is 212 Å². The first-order valence-electron chi connectivity index (χ1n) is 12.1. The average molecular weight is 524 g/mol. The third kappa shape index (κ3) is 6.95. The average Bonchev–Trinajstić information content (AvgIpc) is 3.06. The zero-order chi connectivity index (χ0) is 27.2. The number of carbonyl (C=O) groups is 4. The number of nitrogens with one attached hydrogen (secondary N) is 2. The van der Waals surface area contributed by atoms with Crippen LogP contribution < -0.4 is 15.4 Å². The highest BCUT2D eigenvalue weighted by Crippen LogP contribution is 2.50. The van der Waals surface area contributed by atoms with Gasteiger partial charge in [0.15, 0.2) is 0 Å². The van der Waals surface area contributed by atoms with Crippen molar-refractivity contribution in [2.24, 2.45) is 17.8 Å². The highest BCUT2D eigenvalue weighted by atomic mass is 31.2. The van der Waals surface area contributed by atoms with Crippen molar-refractivity contribution in [3.05, 3.63) is 29.3 Å². The highest BCUT2D eigenvalue weighted by molar-refractivity contribution is 7.59. The van der Waals surface area contributed by atoms with Crippen LogP contribution in [0, 0.1) is 17.8 Å². The fourth-order valence-corrected chi connectivity index (χ4v) is 6.40. The normalized spacial score (nSPS) is 16.5. The number of nitrogens with zero attached hydrogens (tertiary/aromatic N) is 1. The van der Waals surface area contributed by atoms with Crippen molar-refractivity contribution < 1.29 is 33.0 Å². The third-order valence-corrected chi connectivity index (χ3v) is 8.46. The van der Waals surface area contributed by atoms with E-state index in [-0.39, 0.29) is 40.8 Å².